The lowest BCUT2D eigenvalue weighted by molar-refractivity contribution is -0.126. The van der Waals surface area contributed by atoms with Crippen molar-refractivity contribution in [1.82, 2.24) is 14.2 Å². The van der Waals surface area contributed by atoms with E-state index >= 15 is 0 Å². The summed E-state index contributed by atoms with van der Waals surface area (Å²) in [5.74, 6) is -0.523. The minimum absolute atomic E-state index is 0.0884. The molecule has 0 radical (unpaired) electrons. The van der Waals surface area contributed by atoms with Crippen molar-refractivity contribution in [2.24, 2.45) is 5.73 Å². The Bertz CT molecular complexity index is 912. The molecule has 2 heterocycles. The van der Waals surface area contributed by atoms with Crippen LogP contribution in [0.15, 0.2) is 27.9 Å². The van der Waals surface area contributed by atoms with Crippen molar-refractivity contribution < 1.29 is 14.3 Å². The molecule has 0 saturated carbocycles. The number of benzene rings is 1. The number of nitrogens with two attached hydrogens (primary N) is 1. The fourth-order valence-electron chi connectivity index (χ4n) is 3.02. The zero-order valence-electron chi connectivity index (χ0n) is 16.3. The van der Waals surface area contributed by atoms with Crippen LogP contribution in [0.25, 0.3) is 0 Å². The van der Waals surface area contributed by atoms with Crippen molar-refractivity contribution in [2.75, 3.05) is 26.2 Å². The van der Waals surface area contributed by atoms with E-state index in [-0.39, 0.29) is 18.4 Å². The Morgan fingerprint density at radius 1 is 1.43 bits per heavy atom. The fraction of sp³-hybridized carbons (Fsp3) is 0.421. The third-order valence-electron chi connectivity index (χ3n) is 4.43. The van der Waals surface area contributed by atoms with Gasteiger partial charge in [-0.2, -0.15) is 0 Å². The third kappa shape index (κ3) is 6.83. The van der Waals surface area contributed by atoms with Crippen molar-refractivity contribution in [2.45, 2.75) is 30.3 Å². The summed E-state index contributed by atoms with van der Waals surface area (Å²) in [6.45, 7) is 4.66. The number of rotatable bonds is 8. The smallest absolute Gasteiger partial charge is 0.229 e. The van der Waals surface area contributed by atoms with Gasteiger partial charge in [0.1, 0.15) is 0 Å². The van der Waals surface area contributed by atoms with Gasteiger partial charge in [-0.25, -0.2) is 4.98 Å². The van der Waals surface area contributed by atoms with E-state index < -0.39 is 5.91 Å². The predicted molar refractivity (Wildman–Crippen MR) is 120 cm³/mol. The number of aromatic nitrogens is 1. The second kappa shape index (κ2) is 10.8. The number of ether oxygens (including phenoxy) is 1. The molecule has 2 amide bonds. The Labute approximate surface area is 193 Å². The van der Waals surface area contributed by atoms with E-state index in [0.29, 0.717) is 46.3 Å². The van der Waals surface area contributed by atoms with E-state index in [1.54, 1.807) is 15.8 Å². The summed E-state index contributed by atoms with van der Waals surface area (Å²) in [6, 6.07) is 5.50. The van der Waals surface area contributed by atoms with Gasteiger partial charge in [0.05, 0.1) is 31.4 Å². The molecule has 1 aliphatic rings. The van der Waals surface area contributed by atoms with Crippen molar-refractivity contribution in [3.05, 3.63) is 44.9 Å². The summed E-state index contributed by atoms with van der Waals surface area (Å²) < 4.78 is 8.21. The monoisotopic (exact) mass is 488 g/mol. The van der Waals surface area contributed by atoms with Crippen LogP contribution >= 0.6 is 46.5 Å². The first-order valence-electron chi connectivity index (χ1n) is 9.27. The van der Waals surface area contributed by atoms with Gasteiger partial charge in [0.15, 0.2) is 4.34 Å². The molecule has 2 N–H and O–H groups in total. The molecule has 1 saturated heterocycles. The van der Waals surface area contributed by atoms with Crippen molar-refractivity contribution in [3.8, 4) is 0 Å². The highest BCUT2D eigenvalue weighted by Gasteiger charge is 2.25. The van der Waals surface area contributed by atoms with Crippen molar-refractivity contribution in [1.29, 1.82) is 0 Å². The Kier molecular flexibility index (Phi) is 8.38. The molecule has 1 fully saturated rings. The molecule has 0 unspecified atom stereocenters. The molecule has 1 atom stereocenters. The zero-order valence-corrected chi connectivity index (χ0v) is 19.5. The molecule has 162 valence electrons. The minimum atomic E-state index is -0.434. The number of hydrogen-bond donors (Lipinski definition) is 1. The van der Waals surface area contributed by atoms with Crippen molar-refractivity contribution >= 4 is 58.3 Å². The second-order valence-electron chi connectivity index (χ2n) is 6.88. The first kappa shape index (κ1) is 23.3. The number of carbonyl (C=O) groups excluding carboxylic acids is 2. The van der Waals surface area contributed by atoms with Gasteiger partial charge in [0.25, 0.3) is 0 Å². The first-order chi connectivity index (χ1) is 14.3. The molecular formula is C19H22Cl2N4O3S2. The average molecular weight is 489 g/mol. The number of primary amides is 1. The highest BCUT2D eigenvalue weighted by atomic mass is 35.5. The van der Waals surface area contributed by atoms with Gasteiger partial charge in [-0.3, -0.25) is 18.8 Å². The number of nitrogens with zero attached hydrogens (tertiary/aromatic N) is 3. The van der Waals surface area contributed by atoms with Gasteiger partial charge in [0, 0.05) is 53.9 Å². The molecule has 1 aromatic carbocycles. The number of morpholine rings is 1. The van der Waals surface area contributed by atoms with Crippen LogP contribution in [0, 0.1) is 0 Å². The van der Waals surface area contributed by atoms with E-state index in [9.17, 15) is 9.59 Å². The van der Waals surface area contributed by atoms with Crippen LogP contribution in [0.4, 0.5) is 0 Å². The lowest BCUT2D eigenvalue weighted by Crippen LogP contribution is -2.46. The van der Waals surface area contributed by atoms with Gasteiger partial charge in [-0.1, -0.05) is 29.3 Å². The lowest BCUT2D eigenvalue weighted by atomic mass is 10.2. The van der Waals surface area contributed by atoms with E-state index in [1.165, 1.54) is 30.2 Å². The number of halogens is 2. The molecule has 7 nitrogen and oxygen atoms in total. The molecule has 1 aromatic heterocycles. The number of carbonyl (C=O) groups is 2. The number of thiazole rings is 1. The van der Waals surface area contributed by atoms with Crippen LogP contribution in [-0.2, 0) is 27.3 Å². The summed E-state index contributed by atoms with van der Waals surface area (Å²) in [6.07, 6.45) is -0.0447. The summed E-state index contributed by atoms with van der Waals surface area (Å²) in [7, 11) is 0. The topological polar surface area (TPSA) is 88.8 Å². The highest BCUT2D eigenvalue weighted by Crippen LogP contribution is 2.28. The maximum absolute atomic E-state index is 12.2. The van der Waals surface area contributed by atoms with Crippen LogP contribution in [0.3, 0.4) is 0 Å². The molecule has 0 aliphatic carbocycles. The number of hydrogen-bond acceptors (Lipinski definition) is 7. The Morgan fingerprint density at radius 3 is 2.93 bits per heavy atom. The molecule has 1 aliphatic heterocycles. The van der Waals surface area contributed by atoms with Crippen LogP contribution in [0.2, 0.25) is 10.0 Å². The summed E-state index contributed by atoms with van der Waals surface area (Å²) in [5, 5.41) is 3.03. The van der Waals surface area contributed by atoms with Gasteiger partial charge in [-0.15, -0.1) is 11.3 Å². The largest absolute Gasteiger partial charge is 0.374 e. The van der Waals surface area contributed by atoms with E-state index in [1.807, 2.05) is 12.1 Å². The van der Waals surface area contributed by atoms with Crippen LogP contribution in [0.1, 0.15) is 18.2 Å². The maximum atomic E-state index is 12.2. The van der Waals surface area contributed by atoms with E-state index in [2.05, 4.69) is 9.88 Å². The molecular weight excluding hydrogens is 467 g/mol. The van der Waals surface area contributed by atoms with Gasteiger partial charge < -0.3 is 10.5 Å². The van der Waals surface area contributed by atoms with Gasteiger partial charge in [-0.05, 0) is 17.7 Å². The molecule has 3 rings (SSSR count). The SMILES string of the molecule is CC(=O)N(C[C@@H]1CN(Cc2ccc(Cl)cc2Cl)CCO1)Sc1nc(CC(N)=O)cs1. The molecule has 30 heavy (non-hydrogen) atoms. The molecule has 0 spiro atoms. The van der Waals surface area contributed by atoms with E-state index in [0.717, 1.165) is 12.1 Å². The highest BCUT2D eigenvalue weighted by molar-refractivity contribution is 7.99. The summed E-state index contributed by atoms with van der Waals surface area (Å²) in [4.78, 5) is 29.8. The van der Waals surface area contributed by atoms with Crippen LogP contribution in [0.5, 0.6) is 0 Å². The normalized spacial score (nSPS) is 17.1. The zero-order chi connectivity index (χ0) is 21.7. The van der Waals surface area contributed by atoms with Gasteiger partial charge >= 0.3 is 0 Å². The first-order valence-corrected chi connectivity index (χ1v) is 11.7. The van der Waals surface area contributed by atoms with Crippen molar-refractivity contribution in [3.63, 3.8) is 0 Å². The Morgan fingerprint density at radius 2 is 2.23 bits per heavy atom. The standard InChI is InChI=1S/C19H22Cl2N4O3S2/c1-12(26)25(30-19-23-15(11-29-19)7-18(22)27)10-16-9-24(4-5-28-16)8-13-2-3-14(20)6-17(13)21/h2-3,6,11,16H,4-5,7-10H2,1H3,(H2,22,27)/t16-/m0/s1. The number of amides is 2. The minimum Gasteiger partial charge on any atom is -0.374 e. The Hall–Kier alpha value is -1.36. The maximum Gasteiger partial charge on any atom is 0.229 e. The quantitative estimate of drug-likeness (QED) is 0.573. The average Bonchev–Trinajstić information content (AvgIpc) is 3.10. The summed E-state index contributed by atoms with van der Waals surface area (Å²) in [5.41, 5.74) is 6.82. The molecule has 2 aromatic rings. The molecule has 11 heteroatoms. The Balaban J connectivity index is 1.58. The van der Waals surface area contributed by atoms with Gasteiger partial charge in [0.2, 0.25) is 11.8 Å². The summed E-state index contributed by atoms with van der Waals surface area (Å²) >= 11 is 14.9. The molecule has 0 bridgehead atoms. The van der Waals surface area contributed by atoms with Crippen LogP contribution < -0.4 is 5.73 Å². The second-order valence-corrected chi connectivity index (χ2v) is 9.85. The predicted octanol–water partition coefficient (Wildman–Crippen LogP) is 3.23. The third-order valence-corrected chi connectivity index (χ3v) is 7.08. The van der Waals surface area contributed by atoms with Crippen LogP contribution in [-0.4, -0.2) is 58.3 Å². The lowest BCUT2D eigenvalue weighted by Gasteiger charge is -2.35. The van der Waals surface area contributed by atoms with E-state index in [4.69, 9.17) is 33.7 Å². The fourth-order valence-corrected chi connectivity index (χ4v) is 5.34.